The largest absolute Gasteiger partial charge is 0.523 e. The van der Waals surface area contributed by atoms with Crippen LogP contribution in [0.15, 0.2) is 0 Å². The van der Waals surface area contributed by atoms with Crippen LogP contribution >= 0.6 is 0 Å². The normalized spacial score (nSPS) is 12.8. The highest BCUT2D eigenvalue weighted by Gasteiger charge is 2.58. The van der Waals surface area contributed by atoms with Crippen molar-refractivity contribution in [2.75, 3.05) is 13.2 Å². The van der Waals surface area contributed by atoms with Crippen molar-refractivity contribution in [1.29, 1.82) is 0 Å². The standard InChI is InChI=1S/C21H4F18O4SSi/c22-3-6(25)12(31)18(13(32)7(3)26)45(43-2-1-42-44(40,41)21(37,38)39,19-14(33)8(27)4(23)9(28)15(19)34)20-16(35)10(29)5(24)11(30)17(20)36/h1-2H2. The molecule has 0 saturated carbocycles. The van der Waals surface area contributed by atoms with Crippen molar-refractivity contribution in [2.24, 2.45) is 0 Å². The maximum atomic E-state index is 15.2. The van der Waals surface area contributed by atoms with Crippen molar-refractivity contribution in [1.82, 2.24) is 0 Å². The molecule has 0 heterocycles. The van der Waals surface area contributed by atoms with E-state index in [0.717, 1.165) is 0 Å². The van der Waals surface area contributed by atoms with Gasteiger partial charge in [0.25, 0.3) is 0 Å². The van der Waals surface area contributed by atoms with Crippen LogP contribution in [-0.4, -0.2) is 35.5 Å². The van der Waals surface area contributed by atoms with Crippen LogP contribution in [0.2, 0.25) is 0 Å². The molecule has 45 heavy (non-hydrogen) atoms. The van der Waals surface area contributed by atoms with Gasteiger partial charge >= 0.3 is 23.9 Å². The Bertz CT molecular complexity index is 1570. The lowest BCUT2D eigenvalue weighted by Gasteiger charge is -2.34. The molecule has 4 nitrogen and oxygen atoms in total. The first-order chi connectivity index (χ1) is 20.5. The van der Waals surface area contributed by atoms with E-state index in [1.54, 1.807) is 0 Å². The summed E-state index contributed by atoms with van der Waals surface area (Å²) >= 11 is 0. The van der Waals surface area contributed by atoms with Gasteiger partial charge in [-0.1, -0.05) is 0 Å². The molecule has 3 aromatic rings. The van der Waals surface area contributed by atoms with Crippen LogP contribution in [0.5, 0.6) is 0 Å². The van der Waals surface area contributed by atoms with Crippen molar-refractivity contribution < 1.29 is 96.1 Å². The fourth-order valence-electron chi connectivity index (χ4n) is 3.74. The minimum Gasteiger partial charge on any atom is -0.401 e. The van der Waals surface area contributed by atoms with Crippen molar-refractivity contribution in [3.05, 3.63) is 87.3 Å². The molecule has 0 aliphatic heterocycles. The van der Waals surface area contributed by atoms with Crippen molar-refractivity contribution in [2.45, 2.75) is 5.51 Å². The fourth-order valence-corrected chi connectivity index (χ4v) is 8.25. The van der Waals surface area contributed by atoms with E-state index in [2.05, 4.69) is 8.61 Å². The molecule has 0 bridgehead atoms. The van der Waals surface area contributed by atoms with Crippen LogP contribution in [0.1, 0.15) is 0 Å². The van der Waals surface area contributed by atoms with Gasteiger partial charge in [-0.05, 0) is 0 Å². The molecule has 0 fully saturated rings. The van der Waals surface area contributed by atoms with Crippen LogP contribution in [0.4, 0.5) is 79.0 Å². The Labute approximate surface area is 236 Å². The van der Waals surface area contributed by atoms with Gasteiger partial charge in [0.15, 0.2) is 69.8 Å². The van der Waals surface area contributed by atoms with Gasteiger partial charge in [-0.25, -0.2) is 65.9 Å². The molecule has 3 aromatic carbocycles. The number of rotatable bonds is 8. The molecular weight excluding hydrogens is 718 g/mol. The summed E-state index contributed by atoms with van der Waals surface area (Å²) in [7, 11) is -14.6. The zero-order valence-electron chi connectivity index (χ0n) is 20.3. The lowest BCUT2D eigenvalue weighted by molar-refractivity contribution is -0.0547. The summed E-state index contributed by atoms with van der Waals surface area (Å²) in [6, 6.07) is 0. The molecule has 0 aromatic heterocycles. The molecule has 248 valence electrons. The van der Waals surface area contributed by atoms with E-state index in [9.17, 15) is 61.1 Å². The molecule has 0 aliphatic carbocycles. The summed E-state index contributed by atoms with van der Waals surface area (Å²) in [5.41, 5.74) is -6.30. The first-order valence-electron chi connectivity index (χ1n) is 10.6. The third-order valence-electron chi connectivity index (χ3n) is 5.61. The van der Waals surface area contributed by atoms with Gasteiger partial charge in [-0.2, -0.15) is 21.6 Å². The molecule has 0 N–H and O–H groups in total. The Hall–Kier alpha value is -3.51. The van der Waals surface area contributed by atoms with Crippen LogP contribution in [0, 0.1) is 87.3 Å². The van der Waals surface area contributed by atoms with Crippen molar-refractivity contribution >= 4 is 34.0 Å². The topological polar surface area (TPSA) is 52.6 Å². The molecule has 0 amide bonds. The Balaban J connectivity index is 2.69. The SMILES string of the molecule is O=S(=O)(OCCO[Si](c1c(F)c(F)c(F)c(F)c1F)(c1c(F)c(F)c(F)c(F)c1F)c1c(F)c(F)c(F)c(F)c1F)C(F)(F)F. The molecule has 0 atom stereocenters. The van der Waals surface area contributed by atoms with Gasteiger partial charge in [-0.3, -0.25) is 4.18 Å². The molecule has 24 heteroatoms. The van der Waals surface area contributed by atoms with Crippen LogP contribution in [0.25, 0.3) is 0 Å². The van der Waals surface area contributed by atoms with E-state index >= 15 is 26.3 Å². The summed E-state index contributed by atoms with van der Waals surface area (Å²) in [5, 5.41) is -9.41. The van der Waals surface area contributed by atoms with E-state index < -0.39 is 140 Å². The van der Waals surface area contributed by atoms with Crippen molar-refractivity contribution in [3.8, 4) is 0 Å². The lowest BCUT2D eigenvalue weighted by Crippen LogP contribution is -2.75. The van der Waals surface area contributed by atoms with Crippen LogP contribution in [-0.2, 0) is 18.7 Å². The zero-order valence-corrected chi connectivity index (χ0v) is 22.1. The second-order valence-electron chi connectivity index (χ2n) is 8.09. The minimum absolute atomic E-state index is 2.28. The van der Waals surface area contributed by atoms with E-state index in [0.29, 0.717) is 0 Å². The summed E-state index contributed by atoms with van der Waals surface area (Å²) in [4.78, 5) is 0. The Kier molecular flexibility index (Phi) is 9.60. The maximum absolute atomic E-state index is 15.2. The third kappa shape index (κ3) is 5.49. The second-order valence-corrected chi connectivity index (χ2v) is 12.8. The zero-order chi connectivity index (χ0) is 34.7. The highest BCUT2D eigenvalue weighted by molar-refractivity contribution is 7.87. The van der Waals surface area contributed by atoms with Crippen LogP contribution in [0.3, 0.4) is 0 Å². The average Bonchev–Trinajstić information content (AvgIpc) is 2.96. The van der Waals surface area contributed by atoms with Crippen molar-refractivity contribution in [3.63, 3.8) is 0 Å². The summed E-state index contributed by atoms with van der Waals surface area (Å²) in [6.07, 6.45) is 0. The van der Waals surface area contributed by atoms with E-state index in [1.807, 2.05) is 0 Å². The Morgan fingerprint density at radius 1 is 0.422 bits per heavy atom. The number of alkyl halides is 3. The quantitative estimate of drug-likeness (QED) is 0.0499. The molecule has 0 saturated heterocycles. The summed E-state index contributed by atoms with van der Waals surface area (Å²) < 4.78 is 286. The maximum Gasteiger partial charge on any atom is 0.523 e. The van der Waals surface area contributed by atoms with Gasteiger partial charge in [-0.15, -0.1) is 0 Å². The monoisotopic (exact) mass is 722 g/mol. The molecule has 3 rings (SSSR count). The predicted molar refractivity (Wildman–Crippen MR) is 110 cm³/mol. The number of halogens is 18. The molecular formula is C21H4F18O4SSi. The van der Waals surface area contributed by atoms with Gasteiger partial charge in [0.1, 0.15) is 0 Å². The third-order valence-corrected chi connectivity index (χ3v) is 10.7. The molecule has 0 aliphatic rings. The van der Waals surface area contributed by atoms with Gasteiger partial charge in [0.05, 0.1) is 28.8 Å². The highest BCUT2D eigenvalue weighted by Crippen LogP contribution is 2.29. The van der Waals surface area contributed by atoms with Gasteiger partial charge in [0.2, 0.25) is 17.5 Å². The van der Waals surface area contributed by atoms with E-state index in [-0.39, 0.29) is 0 Å². The van der Waals surface area contributed by atoms with Gasteiger partial charge < -0.3 is 4.43 Å². The lowest BCUT2D eigenvalue weighted by atomic mass is 10.3. The number of hydrogen-bond donors (Lipinski definition) is 0. The highest BCUT2D eigenvalue weighted by atomic mass is 32.2. The average molecular weight is 722 g/mol. The van der Waals surface area contributed by atoms with Gasteiger partial charge in [0, 0.05) is 0 Å². The number of benzene rings is 3. The molecule has 0 radical (unpaired) electrons. The summed E-state index contributed by atoms with van der Waals surface area (Å²) in [5.74, 6) is -50.1. The second kappa shape index (κ2) is 12.0. The smallest absolute Gasteiger partial charge is 0.401 e. The number of hydrogen-bond acceptors (Lipinski definition) is 4. The Morgan fingerprint density at radius 3 is 0.867 bits per heavy atom. The minimum atomic E-state index is -7.84. The molecule has 0 unspecified atom stereocenters. The fraction of sp³-hybridized carbons (Fsp3) is 0.143. The van der Waals surface area contributed by atoms with Crippen LogP contribution < -0.4 is 15.6 Å². The summed E-state index contributed by atoms with van der Waals surface area (Å²) in [6.45, 7) is -4.64. The predicted octanol–water partition coefficient (Wildman–Crippen LogP) is 4.62. The van der Waals surface area contributed by atoms with E-state index in [1.165, 1.54) is 0 Å². The first kappa shape index (κ1) is 36.0. The first-order valence-corrected chi connectivity index (χ1v) is 14.0. The molecule has 0 spiro atoms. The Morgan fingerprint density at radius 2 is 0.644 bits per heavy atom. The van der Waals surface area contributed by atoms with E-state index in [4.69, 9.17) is 0 Å².